The first-order valence-corrected chi connectivity index (χ1v) is 13.1. The Kier molecular flexibility index (Phi) is 5.09. The number of rotatable bonds is 3. The predicted molar refractivity (Wildman–Crippen MR) is 152 cm³/mol. The quantitative estimate of drug-likeness (QED) is 0.276. The summed E-state index contributed by atoms with van der Waals surface area (Å²) in [5.74, 6) is 1.76. The van der Waals surface area contributed by atoms with Crippen LogP contribution in [0.4, 0.5) is 11.4 Å². The topological polar surface area (TPSA) is 21.3 Å². The maximum Gasteiger partial charge on any atom is 0.151 e. The Morgan fingerprint density at radius 2 is 1.25 bits per heavy atom. The third-order valence-corrected chi connectivity index (χ3v) is 8.19. The highest BCUT2D eigenvalue weighted by Crippen LogP contribution is 2.46. The third-order valence-electron chi connectivity index (χ3n) is 8.19. The lowest BCUT2D eigenvalue weighted by Crippen LogP contribution is -2.16. The number of hydrogen-bond donors (Lipinski definition) is 1. The van der Waals surface area contributed by atoms with Crippen LogP contribution in [-0.4, -0.2) is 0 Å². The smallest absolute Gasteiger partial charge is 0.151 e. The molecule has 0 unspecified atom stereocenters. The second-order valence-electron chi connectivity index (χ2n) is 12.1. The zero-order valence-electron chi connectivity index (χ0n) is 22.3. The molecular formula is C34H35NO. The van der Waals surface area contributed by atoms with Crippen molar-refractivity contribution >= 4 is 11.4 Å². The molecule has 1 heterocycles. The Bertz CT molecular complexity index is 1500. The molecule has 1 N–H and O–H groups in total. The lowest BCUT2D eigenvalue weighted by atomic mass is 9.82. The van der Waals surface area contributed by atoms with Crippen LogP contribution >= 0.6 is 0 Å². The van der Waals surface area contributed by atoms with Crippen LogP contribution < -0.4 is 10.1 Å². The van der Waals surface area contributed by atoms with Crippen LogP contribution in [0.3, 0.4) is 0 Å². The summed E-state index contributed by atoms with van der Waals surface area (Å²) in [7, 11) is 0. The van der Waals surface area contributed by atoms with Crippen molar-refractivity contribution in [1.29, 1.82) is 0 Å². The van der Waals surface area contributed by atoms with Crippen LogP contribution in [0, 0.1) is 0 Å². The van der Waals surface area contributed by atoms with Crippen LogP contribution in [0.25, 0.3) is 22.3 Å². The summed E-state index contributed by atoms with van der Waals surface area (Å²) in [6.45, 7) is 13.7. The summed E-state index contributed by atoms with van der Waals surface area (Å²) in [5.41, 5.74) is 13.1. The average molecular weight is 474 g/mol. The molecule has 2 heteroatoms. The number of nitrogens with one attached hydrogen (secondary N) is 1. The van der Waals surface area contributed by atoms with E-state index in [1.54, 1.807) is 0 Å². The van der Waals surface area contributed by atoms with E-state index in [4.69, 9.17) is 4.74 Å². The Balaban J connectivity index is 1.31. The van der Waals surface area contributed by atoms with Crippen molar-refractivity contribution in [2.45, 2.75) is 65.2 Å². The Hall–Kier alpha value is -3.52. The Morgan fingerprint density at radius 3 is 1.97 bits per heavy atom. The normalized spacial score (nSPS) is 13.7. The molecule has 0 bridgehead atoms. The molecule has 1 aliphatic heterocycles. The highest BCUT2D eigenvalue weighted by Gasteiger charge is 2.24. The molecule has 182 valence electrons. The van der Waals surface area contributed by atoms with Gasteiger partial charge in [-0.2, -0.15) is 0 Å². The number of hydrogen-bond acceptors (Lipinski definition) is 2. The summed E-state index contributed by atoms with van der Waals surface area (Å²) in [6, 6.07) is 26.9. The van der Waals surface area contributed by atoms with E-state index in [0.29, 0.717) is 0 Å². The van der Waals surface area contributed by atoms with E-state index in [9.17, 15) is 0 Å². The fourth-order valence-electron chi connectivity index (χ4n) is 5.36. The molecule has 2 nitrogen and oxygen atoms in total. The van der Waals surface area contributed by atoms with E-state index >= 15 is 0 Å². The van der Waals surface area contributed by atoms with Crippen LogP contribution in [-0.2, 0) is 17.3 Å². The molecule has 1 aliphatic carbocycles. The number of fused-ring (bicyclic) bond motifs is 5. The van der Waals surface area contributed by atoms with Crippen LogP contribution in [0.2, 0.25) is 0 Å². The van der Waals surface area contributed by atoms with E-state index < -0.39 is 0 Å². The van der Waals surface area contributed by atoms with Gasteiger partial charge in [0.25, 0.3) is 0 Å². The van der Waals surface area contributed by atoms with Crippen molar-refractivity contribution in [3.8, 4) is 33.8 Å². The summed E-state index contributed by atoms with van der Waals surface area (Å²) in [6.07, 6.45) is 2.09. The number of anilines is 2. The van der Waals surface area contributed by atoms with Crippen molar-refractivity contribution < 1.29 is 4.74 Å². The highest BCUT2D eigenvalue weighted by molar-refractivity contribution is 5.84. The maximum atomic E-state index is 6.26. The van der Waals surface area contributed by atoms with Crippen molar-refractivity contribution in [3.63, 3.8) is 0 Å². The van der Waals surface area contributed by atoms with Gasteiger partial charge in [-0.05, 0) is 92.4 Å². The van der Waals surface area contributed by atoms with Crippen molar-refractivity contribution in [2.24, 2.45) is 0 Å². The molecule has 0 aromatic heterocycles. The zero-order valence-corrected chi connectivity index (χ0v) is 22.3. The minimum atomic E-state index is 0.133. The first-order valence-electron chi connectivity index (χ1n) is 13.1. The monoisotopic (exact) mass is 473 g/mol. The standard InChI is InChI=1S/C34H35NO/c1-7-34(5,6)26-11-15-32-30(20-26)35-29-19-22(9-14-31(29)36-32)21-8-12-27-23(16-21)17-24-18-25(33(2,3)4)10-13-28(24)27/h8-16,18-20,35H,7,17H2,1-6H3. The lowest BCUT2D eigenvalue weighted by molar-refractivity contribution is 0.477. The first-order chi connectivity index (χ1) is 17.1. The second kappa shape index (κ2) is 8.00. The van der Waals surface area contributed by atoms with Gasteiger partial charge in [0, 0.05) is 0 Å². The number of ether oxygens (including phenoxy) is 1. The fraction of sp³-hybridized carbons (Fsp3) is 0.294. The van der Waals surface area contributed by atoms with Crippen LogP contribution in [0.15, 0.2) is 72.8 Å². The van der Waals surface area contributed by atoms with Gasteiger partial charge in [0.05, 0.1) is 11.4 Å². The zero-order chi connectivity index (χ0) is 25.2. The first kappa shape index (κ1) is 22.9. The van der Waals surface area contributed by atoms with Crippen molar-refractivity contribution in [3.05, 3.63) is 95.1 Å². The minimum Gasteiger partial charge on any atom is -0.453 e. The lowest BCUT2D eigenvalue weighted by Gasteiger charge is -2.27. The Morgan fingerprint density at radius 1 is 0.667 bits per heavy atom. The molecule has 4 aromatic carbocycles. The van der Waals surface area contributed by atoms with E-state index in [-0.39, 0.29) is 10.8 Å². The van der Waals surface area contributed by atoms with Gasteiger partial charge < -0.3 is 10.1 Å². The molecule has 0 saturated carbocycles. The fourth-order valence-corrected chi connectivity index (χ4v) is 5.36. The van der Waals surface area contributed by atoms with Crippen LogP contribution in [0.5, 0.6) is 11.5 Å². The summed E-state index contributed by atoms with van der Waals surface area (Å²) >= 11 is 0. The van der Waals surface area contributed by atoms with Gasteiger partial charge in [-0.1, -0.05) is 90.1 Å². The molecule has 0 atom stereocenters. The van der Waals surface area contributed by atoms with Gasteiger partial charge in [-0.25, -0.2) is 0 Å². The minimum absolute atomic E-state index is 0.133. The molecule has 6 rings (SSSR count). The highest BCUT2D eigenvalue weighted by atomic mass is 16.5. The van der Waals surface area contributed by atoms with Crippen molar-refractivity contribution in [2.75, 3.05) is 5.32 Å². The summed E-state index contributed by atoms with van der Waals surface area (Å²) in [4.78, 5) is 0. The molecule has 36 heavy (non-hydrogen) atoms. The average Bonchev–Trinajstić information content (AvgIpc) is 3.23. The molecule has 0 fully saturated rings. The molecular weight excluding hydrogens is 438 g/mol. The molecule has 0 radical (unpaired) electrons. The SMILES string of the molecule is CCC(C)(C)c1ccc2c(c1)Nc1cc(-c3ccc4c(c3)Cc3cc(C(C)(C)C)ccc3-4)ccc1O2. The van der Waals surface area contributed by atoms with E-state index in [1.807, 2.05) is 0 Å². The van der Waals surface area contributed by atoms with Crippen molar-refractivity contribution in [1.82, 2.24) is 0 Å². The Labute approximate surface area is 215 Å². The molecule has 4 aromatic rings. The molecule has 0 amide bonds. The van der Waals surface area contributed by atoms with E-state index in [1.165, 1.54) is 44.5 Å². The van der Waals surface area contributed by atoms with Gasteiger partial charge in [-0.3, -0.25) is 0 Å². The molecule has 0 spiro atoms. The van der Waals surface area contributed by atoms with E-state index in [2.05, 4.69) is 120 Å². The van der Waals surface area contributed by atoms with Gasteiger partial charge in [-0.15, -0.1) is 0 Å². The van der Waals surface area contributed by atoms with Gasteiger partial charge in [0.15, 0.2) is 11.5 Å². The molecule has 0 saturated heterocycles. The van der Waals surface area contributed by atoms with Crippen LogP contribution in [0.1, 0.15) is 70.2 Å². The second-order valence-corrected chi connectivity index (χ2v) is 12.1. The van der Waals surface area contributed by atoms with Gasteiger partial charge in [0.2, 0.25) is 0 Å². The largest absolute Gasteiger partial charge is 0.453 e. The van der Waals surface area contributed by atoms with Gasteiger partial charge in [0.1, 0.15) is 0 Å². The van der Waals surface area contributed by atoms with Gasteiger partial charge >= 0.3 is 0 Å². The maximum absolute atomic E-state index is 6.26. The summed E-state index contributed by atoms with van der Waals surface area (Å²) in [5, 5.41) is 3.65. The van der Waals surface area contributed by atoms with E-state index in [0.717, 1.165) is 35.7 Å². The number of benzene rings is 4. The third kappa shape index (κ3) is 3.80. The molecule has 2 aliphatic rings. The summed E-state index contributed by atoms with van der Waals surface area (Å²) < 4.78 is 6.26. The predicted octanol–water partition coefficient (Wildman–Crippen LogP) is 9.76.